The first-order chi connectivity index (χ1) is 9.23. The van der Waals surface area contributed by atoms with Crippen LogP contribution in [0.25, 0.3) is 11.0 Å². The third-order valence-electron chi connectivity index (χ3n) is 3.76. The molecular weight excluding hydrogens is 306 g/mol. The normalized spacial score (nSPS) is 25.4. The molecule has 108 valence electrons. The molecular formula is C12H12F2N2O2S2. The number of H-pyrrole nitrogens is 1. The Hall–Kier alpha value is -1.28. The number of nitrogens with one attached hydrogen (secondary N) is 1. The quantitative estimate of drug-likeness (QED) is 0.822. The molecule has 1 aliphatic rings. The largest absolute Gasteiger partial charge is 0.330 e. The van der Waals surface area contributed by atoms with E-state index in [1.807, 2.05) is 0 Å². The number of hydrogen-bond donors (Lipinski definition) is 1. The minimum absolute atomic E-state index is 0.00500. The summed E-state index contributed by atoms with van der Waals surface area (Å²) >= 11 is 5.16. The van der Waals surface area contributed by atoms with Crippen LogP contribution in [0.3, 0.4) is 0 Å². The molecule has 1 aromatic carbocycles. The number of imidazole rings is 1. The van der Waals surface area contributed by atoms with Crippen molar-refractivity contribution in [1.29, 1.82) is 0 Å². The molecule has 0 radical (unpaired) electrons. The molecule has 0 bridgehead atoms. The fraction of sp³-hybridized carbons (Fsp3) is 0.417. The van der Waals surface area contributed by atoms with Crippen LogP contribution < -0.4 is 0 Å². The van der Waals surface area contributed by atoms with E-state index >= 15 is 0 Å². The zero-order valence-corrected chi connectivity index (χ0v) is 12.2. The first-order valence-electron chi connectivity index (χ1n) is 6.03. The number of rotatable bonds is 1. The van der Waals surface area contributed by atoms with E-state index in [0.29, 0.717) is 11.9 Å². The lowest BCUT2D eigenvalue weighted by molar-refractivity contribution is 0.367. The average Bonchev–Trinajstić information content (AvgIpc) is 2.82. The van der Waals surface area contributed by atoms with Gasteiger partial charge < -0.3 is 9.55 Å². The van der Waals surface area contributed by atoms with E-state index in [0.717, 1.165) is 6.07 Å². The molecule has 0 spiro atoms. The predicted molar refractivity (Wildman–Crippen MR) is 74.0 cm³/mol. The van der Waals surface area contributed by atoms with E-state index in [9.17, 15) is 17.2 Å². The highest BCUT2D eigenvalue weighted by Gasteiger charge is 2.41. The second-order valence-corrected chi connectivity index (χ2v) is 7.93. The monoisotopic (exact) mass is 318 g/mol. The third-order valence-corrected chi connectivity index (χ3v) is 5.93. The second kappa shape index (κ2) is 4.11. The molecule has 3 rings (SSSR count). The van der Waals surface area contributed by atoms with Gasteiger partial charge in [0.2, 0.25) is 0 Å². The van der Waals surface area contributed by atoms with Gasteiger partial charge in [0.15, 0.2) is 26.2 Å². The number of fused-ring (bicyclic) bond motifs is 1. The third kappa shape index (κ3) is 1.89. The Labute approximate surface area is 119 Å². The summed E-state index contributed by atoms with van der Waals surface area (Å²) in [5.41, 5.74) is -0.503. The highest BCUT2D eigenvalue weighted by atomic mass is 32.2. The summed E-state index contributed by atoms with van der Waals surface area (Å²) in [6.45, 7) is 1.70. The van der Waals surface area contributed by atoms with E-state index < -0.39 is 27.0 Å². The molecule has 1 aromatic heterocycles. The lowest BCUT2D eigenvalue weighted by Gasteiger charge is -2.25. The molecule has 0 saturated carbocycles. The van der Waals surface area contributed by atoms with Crippen LogP contribution in [-0.2, 0) is 15.4 Å². The van der Waals surface area contributed by atoms with Gasteiger partial charge in [0.1, 0.15) is 5.52 Å². The van der Waals surface area contributed by atoms with Gasteiger partial charge in [-0.25, -0.2) is 17.2 Å². The Morgan fingerprint density at radius 1 is 1.40 bits per heavy atom. The van der Waals surface area contributed by atoms with Crippen LogP contribution in [0.5, 0.6) is 0 Å². The minimum atomic E-state index is -3.19. The van der Waals surface area contributed by atoms with E-state index in [4.69, 9.17) is 12.2 Å². The highest BCUT2D eigenvalue weighted by Crippen LogP contribution is 2.35. The van der Waals surface area contributed by atoms with Gasteiger partial charge >= 0.3 is 0 Å². The molecule has 2 aromatic rings. The van der Waals surface area contributed by atoms with Crippen molar-refractivity contribution in [3.05, 3.63) is 28.5 Å². The molecule has 1 aliphatic heterocycles. The van der Waals surface area contributed by atoms with Crippen molar-refractivity contribution in [3.63, 3.8) is 0 Å². The molecule has 0 amide bonds. The minimum Gasteiger partial charge on any atom is -0.330 e. The van der Waals surface area contributed by atoms with Gasteiger partial charge in [0.05, 0.1) is 22.6 Å². The zero-order chi connectivity index (χ0) is 14.7. The Kier molecular flexibility index (Phi) is 2.81. The SMILES string of the molecule is CC1(n2c(=S)[nH]c3ccc(F)c(F)c32)CCS(=O)(=O)C1. The van der Waals surface area contributed by atoms with Crippen molar-refractivity contribution in [2.45, 2.75) is 18.9 Å². The number of hydrogen-bond acceptors (Lipinski definition) is 3. The highest BCUT2D eigenvalue weighted by molar-refractivity contribution is 7.91. The van der Waals surface area contributed by atoms with E-state index in [1.165, 1.54) is 10.6 Å². The maximum atomic E-state index is 14.1. The summed E-state index contributed by atoms with van der Waals surface area (Å²) in [6, 6.07) is 2.41. The Balaban J connectivity index is 2.35. The Morgan fingerprint density at radius 2 is 2.10 bits per heavy atom. The average molecular weight is 318 g/mol. The lowest BCUT2D eigenvalue weighted by Crippen LogP contribution is -2.31. The van der Waals surface area contributed by atoms with Crippen LogP contribution in [0.4, 0.5) is 8.78 Å². The molecule has 1 N–H and O–H groups in total. The number of benzene rings is 1. The summed E-state index contributed by atoms with van der Waals surface area (Å²) in [5.74, 6) is -2.10. The van der Waals surface area contributed by atoms with Crippen molar-refractivity contribution in [2.24, 2.45) is 0 Å². The fourth-order valence-electron chi connectivity index (χ4n) is 2.82. The van der Waals surface area contributed by atoms with Crippen LogP contribution in [0.1, 0.15) is 13.3 Å². The van der Waals surface area contributed by atoms with Gasteiger partial charge in [0, 0.05) is 0 Å². The van der Waals surface area contributed by atoms with Gasteiger partial charge in [-0.15, -0.1) is 0 Å². The van der Waals surface area contributed by atoms with Crippen molar-refractivity contribution in [3.8, 4) is 0 Å². The molecule has 4 nitrogen and oxygen atoms in total. The van der Waals surface area contributed by atoms with Crippen LogP contribution >= 0.6 is 12.2 Å². The summed E-state index contributed by atoms with van der Waals surface area (Å²) < 4.78 is 52.6. The number of aromatic amines is 1. The topological polar surface area (TPSA) is 54.9 Å². The molecule has 1 fully saturated rings. The maximum absolute atomic E-state index is 14.1. The van der Waals surface area contributed by atoms with Gasteiger partial charge in [-0.1, -0.05) is 0 Å². The van der Waals surface area contributed by atoms with E-state index in [1.54, 1.807) is 6.92 Å². The second-order valence-electron chi connectivity index (χ2n) is 5.36. The first-order valence-corrected chi connectivity index (χ1v) is 8.26. The van der Waals surface area contributed by atoms with Crippen molar-refractivity contribution >= 4 is 33.1 Å². The van der Waals surface area contributed by atoms with Gasteiger partial charge in [-0.05, 0) is 37.7 Å². The standard InChI is InChI=1S/C12H12F2N2O2S2/c1-12(4-5-20(17,18)6-12)16-10-8(15-11(16)19)3-2-7(13)9(10)14/h2-3H,4-6H2,1H3,(H,15,19). The molecule has 2 heterocycles. The van der Waals surface area contributed by atoms with Gasteiger partial charge in [0.25, 0.3) is 0 Å². The van der Waals surface area contributed by atoms with Gasteiger partial charge in [-0.2, -0.15) is 0 Å². The number of halogens is 2. The summed E-state index contributed by atoms with van der Waals surface area (Å²) in [7, 11) is -3.19. The van der Waals surface area contributed by atoms with Crippen LogP contribution in [0, 0.1) is 16.4 Å². The molecule has 1 unspecified atom stereocenters. The Morgan fingerprint density at radius 3 is 2.70 bits per heavy atom. The molecule has 1 atom stereocenters. The predicted octanol–water partition coefficient (Wildman–Crippen LogP) is 2.51. The smallest absolute Gasteiger partial charge is 0.184 e. The van der Waals surface area contributed by atoms with Crippen molar-refractivity contribution < 1.29 is 17.2 Å². The molecule has 20 heavy (non-hydrogen) atoms. The van der Waals surface area contributed by atoms with E-state index in [2.05, 4.69) is 4.98 Å². The number of sulfone groups is 1. The number of nitrogens with zero attached hydrogens (tertiary/aromatic N) is 1. The van der Waals surface area contributed by atoms with Crippen LogP contribution in [0.15, 0.2) is 12.1 Å². The molecule has 1 saturated heterocycles. The summed E-state index contributed by atoms with van der Waals surface area (Å²) in [4.78, 5) is 2.80. The fourth-order valence-corrected chi connectivity index (χ4v) is 5.35. The van der Waals surface area contributed by atoms with Crippen molar-refractivity contribution in [1.82, 2.24) is 9.55 Å². The molecule has 0 aliphatic carbocycles. The zero-order valence-electron chi connectivity index (χ0n) is 10.6. The maximum Gasteiger partial charge on any atom is 0.184 e. The van der Waals surface area contributed by atoms with E-state index in [-0.39, 0.29) is 21.8 Å². The summed E-state index contributed by atoms with van der Waals surface area (Å²) in [5, 5.41) is 0. The van der Waals surface area contributed by atoms with Crippen LogP contribution in [-0.4, -0.2) is 29.5 Å². The Bertz CT molecular complexity index is 869. The number of aromatic nitrogens is 2. The molecule has 8 heteroatoms. The first kappa shape index (κ1) is 13.7. The lowest BCUT2D eigenvalue weighted by atomic mass is 10.0. The van der Waals surface area contributed by atoms with Crippen molar-refractivity contribution in [2.75, 3.05) is 11.5 Å². The van der Waals surface area contributed by atoms with Crippen LogP contribution in [0.2, 0.25) is 0 Å². The van der Waals surface area contributed by atoms with Gasteiger partial charge in [-0.3, -0.25) is 0 Å². The summed E-state index contributed by atoms with van der Waals surface area (Å²) in [6.07, 6.45) is 0.326.